The van der Waals surface area contributed by atoms with Crippen molar-refractivity contribution in [1.29, 1.82) is 5.41 Å². The van der Waals surface area contributed by atoms with Gasteiger partial charge < -0.3 is 10.5 Å². The van der Waals surface area contributed by atoms with Crippen LogP contribution in [0.3, 0.4) is 0 Å². The Labute approximate surface area is 126 Å². The minimum absolute atomic E-state index is 0.0119. The zero-order valence-corrected chi connectivity index (χ0v) is 13.0. The number of amidine groups is 1. The van der Waals surface area contributed by atoms with Gasteiger partial charge in [-0.1, -0.05) is 24.8 Å². The lowest BCUT2D eigenvalue weighted by atomic mass is 10.1. The zero-order chi connectivity index (χ0) is 14.5. The van der Waals surface area contributed by atoms with Gasteiger partial charge in [-0.3, -0.25) is 5.41 Å². The van der Waals surface area contributed by atoms with E-state index in [0.29, 0.717) is 11.3 Å². The molecular formula is C13H16N4OS2. The molecule has 0 unspecified atom stereocenters. The summed E-state index contributed by atoms with van der Waals surface area (Å²) in [6, 6.07) is 5.69. The highest BCUT2D eigenvalue weighted by molar-refractivity contribution is 8.00. The molecular weight excluding hydrogens is 292 g/mol. The summed E-state index contributed by atoms with van der Waals surface area (Å²) >= 11 is 3.06. The lowest BCUT2D eigenvalue weighted by molar-refractivity contribution is 0.413. The molecule has 3 N–H and O–H groups in total. The lowest BCUT2D eigenvalue weighted by Crippen LogP contribution is -2.12. The van der Waals surface area contributed by atoms with Crippen LogP contribution in [0.15, 0.2) is 22.5 Å². The Morgan fingerprint density at radius 3 is 2.90 bits per heavy atom. The number of aromatic nitrogens is 2. The molecule has 1 aromatic heterocycles. The van der Waals surface area contributed by atoms with Crippen LogP contribution in [0, 0.1) is 5.41 Å². The standard InChI is InChI=1S/C13H16N4OS2/c1-3-11-16-13(20-17-11)19-7-8-4-5-10(18-2)9(6-8)12(14)15/h4-6H,3,7H2,1-2H3,(H3,14,15). The number of hydrogen-bond donors (Lipinski definition) is 2. The van der Waals surface area contributed by atoms with Crippen molar-refractivity contribution in [3.05, 3.63) is 35.2 Å². The molecule has 0 spiro atoms. The number of thioether (sulfide) groups is 1. The van der Waals surface area contributed by atoms with E-state index in [1.54, 1.807) is 18.9 Å². The van der Waals surface area contributed by atoms with Crippen molar-refractivity contribution in [2.75, 3.05) is 7.11 Å². The number of hydrogen-bond acceptors (Lipinski definition) is 6. The lowest BCUT2D eigenvalue weighted by Gasteiger charge is -2.08. The molecule has 1 aromatic carbocycles. The van der Waals surface area contributed by atoms with Gasteiger partial charge in [-0.15, -0.1) is 0 Å². The van der Waals surface area contributed by atoms with E-state index in [4.69, 9.17) is 15.9 Å². The Morgan fingerprint density at radius 1 is 1.50 bits per heavy atom. The molecule has 2 aromatic rings. The number of nitrogen functional groups attached to an aromatic ring is 1. The van der Waals surface area contributed by atoms with Crippen LogP contribution in [0.5, 0.6) is 5.75 Å². The van der Waals surface area contributed by atoms with Gasteiger partial charge in [0.25, 0.3) is 0 Å². The normalized spacial score (nSPS) is 10.5. The highest BCUT2D eigenvalue weighted by Crippen LogP contribution is 2.27. The molecule has 106 valence electrons. The maximum atomic E-state index is 7.57. The smallest absolute Gasteiger partial charge is 0.170 e. The van der Waals surface area contributed by atoms with Crippen molar-refractivity contribution in [1.82, 2.24) is 9.36 Å². The van der Waals surface area contributed by atoms with Gasteiger partial charge in [-0.25, -0.2) is 4.98 Å². The maximum Gasteiger partial charge on any atom is 0.170 e. The van der Waals surface area contributed by atoms with Crippen molar-refractivity contribution in [3.8, 4) is 5.75 Å². The Morgan fingerprint density at radius 2 is 2.30 bits per heavy atom. The highest BCUT2D eigenvalue weighted by Gasteiger charge is 2.09. The molecule has 0 saturated carbocycles. The van der Waals surface area contributed by atoms with Crippen molar-refractivity contribution in [2.24, 2.45) is 5.73 Å². The number of aryl methyl sites for hydroxylation is 1. The van der Waals surface area contributed by atoms with E-state index in [-0.39, 0.29) is 5.84 Å². The van der Waals surface area contributed by atoms with Gasteiger partial charge in [-0.2, -0.15) is 4.37 Å². The first kappa shape index (κ1) is 14.8. The minimum atomic E-state index is 0.0119. The first-order valence-electron chi connectivity index (χ1n) is 6.10. The summed E-state index contributed by atoms with van der Waals surface area (Å²) in [5.74, 6) is 2.28. The topological polar surface area (TPSA) is 84.9 Å². The van der Waals surface area contributed by atoms with Crippen LogP contribution in [0.25, 0.3) is 0 Å². The third-order valence-corrected chi connectivity index (χ3v) is 4.62. The van der Waals surface area contributed by atoms with Crippen LogP contribution < -0.4 is 10.5 Å². The molecule has 0 bridgehead atoms. The van der Waals surface area contributed by atoms with Crippen LogP contribution in [0.2, 0.25) is 0 Å². The molecule has 0 radical (unpaired) electrons. The SMILES string of the molecule is CCc1nsc(SCc2ccc(OC)c(C(=N)N)c2)n1. The second-order valence-corrected chi connectivity index (χ2v) is 6.04. The average molecular weight is 308 g/mol. The summed E-state index contributed by atoms with van der Waals surface area (Å²) in [5.41, 5.74) is 7.26. The number of rotatable bonds is 6. The number of ether oxygens (including phenoxy) is 1. The van der Waals surface area contributed by atoms with Crippen LogP contribution >= 0.6 is 23.3 Å². The first-order valence-corrected chi connectivity index (χ1v) is 7.86. The van der Waals surface area contributed by atoms with Crippen LogP contribution in [-0.4, -0.2) is 22.3 Å². The van der Waals surface area contributed by atoms with Gasteiger partial charge in [0.2, 0.25) is 0 Å². The fraction of sp³-hybridized carbons (Fsp3) is 0.308. The second-order valence-electron chi connectivity index (χ2n) is 4.07. The Hall–Kier alpha value is -1.60. The fourth-order valence-corrected chi connectivity index (χ4v) is 3.28. The number of nitrogens with two attached hydrogens (primary N) is 1. The molecule has 20 heavy (non-hydrogen) atoms. The van der Waals surface area contributed by atoms with Crippen LogP contribution in [0.4, 0.5) is 0 Å². The van der Waals surface area contributed by atoms with Crippen molar-refractivity contribution >= 4 is 29.1 Å². The fourth-order valence-electron chi connectivity index (χ4n) is 1.64. The van der Waals surface area contributed by atoms with E-state index in [2.05, 4.69) is 9.36 Å². The summed E-state index contributed by atoms with van der Waals surface area (Å²) in [5, 5.41) is 7.57. The molecule has 0 aliphatic heterocycles. The van der Waals surface area contributed by atoms with Crippen molar-refractivity contribution in [3.63, 3.8) is 0 Å². The summed E-state index contributed by atoms with van der Waals surface area (Å²) in [7, 11) is 1.57. The number of benzene rings is 1. The predicted molar refractivity (Wildman–Crippen MR) is 82.9 cm³/mol. The molecule has 1 heterocycles. The molecule has 0 aliphatic carbocycles. The van der Waals surface area contributed by atoms with Gasteiger partial charge in [0.1, 0.15) is 17.4 Å². The van der Waals surface area contributed by atoms with Gasteiger partial charge in [0.15, 0.2) is 4.34 Å². The van der Waals surface area contributed by atoms with Crippen molar-refractivity contribution in [2.45, 2.75) is 23.4 Å². The quantitative estimate of drug-likeness (QED) is 0.487. The average Bonchev–Trinajstić information content (AvgIpc) is 2.92. The number of nitrogens with one attached hydrogen (secondary N) is 1. The summed E-state index contributed by atoms with van der Waals surface area (Å²) < 4.78 is 10.4. The zero-order valence-electron chi connectivity index (χ0n) is 11.3. The van der Waals surface area contributed by atoms with E-state index in [9.17, 15) is 0 Å². The third kappa shape index (κ3) is 3.49. The second kappa shape index (κ2) is 6.71. The molecule has 5 nitrogen and oxygen atoms in total. The van der Waals surface area contributed by atoms with Gasteiger partial charge in [0, 0.05) is 12.2 Å². The molecule has 0 fully saturated rings. The first-order chi connectivity index (χ1) is 9.63. The molecule has 0 aliphatic rings. The van der Waals surface area contributed by atoms with E-state index in [0.717, 1.165) is 27.9 Å². The van der Waals surface area contributed by atoms with E-state index < -0.39 is 0 Å². The molecule has 0 saturated heterocycles. The van der Waals surface area contributed by atoms with Gasteiger partial charge in [-0.05, 0) is 29.2 Å². The van der Waals surface area contributed by atoms with Crippen LogP contribution in [0.1, 0.15) is 23.9 Å². The monoisotopic (exact) mass is 308 g/mol. The Bertz CT molecular complexity index is 612. The molecule has 0 amide bonds. The largest absolute Gasteiger partial charge is 0.496 e. The maximum absolute atomic E-state index is 7.57. The van der Waals surface area contributed by atoms with E-state index in [1.807, 2.05) is 25.1 Å². The summed E-state index contributed by atoms with van der Waals surface area (Å²) in [4.78, 5) is 4.41. The minimum Gasteiger partial charge on any atom is -0.496 e. The predicted octanol–water partition coefficient (Wildman–Crippen LogP) is 2.69. The number of nitrogens with zero attached hydrogens (tertiary/aromatic N) is 2. The third-order valence-electron chi connectivity index (χ3n) is 2.68. The molecule has 7 heteroatoms. The highest BCUT2D eigenvalue weighted by atomic mass is 32.2. The molecule has 0 atom stereocenters. The summed E-state index contributed by atoms with van der Waals surface area (Å²) in [6.45, 7) is 2.04. The van der Waals surface area contributed by atoms with Gasteiger partial charge >= 0.3 is 0 Å². The Balaban J connectivity index is 2.09. The van der Waals surface area contributed by atoms with Crippen molar-refractivity contribution < 1.29 is 4.74 Å². The van der Waals surface area contributed by atoms with Crippen LogP contribution in [-0.2, 0) is 12.2 Å². The van der Waals surface area contributed by atoms with E-state index in [1.165, 1.54) is 11.5 Å². The Kier molecular flexibility index (Phi) is 4.97. The molecule has 2 rings (SSSR count). The summed E-state index contributed by atoms with van der Waals surface area (Å²) in [6.07, 6.45) is 0.855. The van der Waals surface area contributed by atoms with Gasteiger partial charge in [0.05, 0.1) is 12.7 Å². The number of methoxy groups -OCH3 is 1. The van der Waals surface area contributed by atoms with E-state index >= 15 is 0 Å².